The van der Waals surface area contributed by atoms with Crippen LogP contribution < -0.4 is 10.5 Å². The van der Waals surface area contributed by atoms with Crippen molar-refractivity contribution in [3.05, 3.63) is 35.9 Å². The van der Waals surface area contributed by atoms with Crippen LogP contribution in [0.25, 0.3) is 0 Å². The van der Waals surface area contributed by atoms with E-state index in [0.29, 0.717) is 17.9 Å². The zero-order valence-electron chi connectivity index (χ0n) is 8.07. The lowest BCUT2D eigenvalue weighted by molar-refractivity contribution is -0.104. The van der Waals surface area contributed by atoms with Crippen LogP contribution in [0.1, 0.15) is 6.92 Å². The number of benzene rings is 1. The smallest absolute Gasteiger partial charge is 0.145 e. The Morgan fingerprint density at radius 2 is 2.07 bits per heavy atom. The van der Waals surface area contributed by atoms with Crippen LogP contribution in [-0.4, -0.2) is 12.9 Å². The summed E-state index contributed by atoms with van der Waals surface area (Å²) in [6.07, 6.45) is 2.52. The van der Waals surface area contributed by atoms with Crippen LogP contribution in [0.4, 0.5) is 5.69 Å². The van der Waals surface area contributed by atoms with Gasteiger partial charge in [-0.05, 0) is 42.8 Å². The van der Waals surface area contributed by atoms with Crippen molar-refractivity contribution >= 4 is 12.0 Å². The van der Waals surface area contributed by atoms with Crippen LogP contribution in [0, 0.1) is 0 Å². The highest BCUT2D eigenvalue weighted by molar-refractivity contribution is 5.71. The maximum absolute atomic E-state index is 10.3. The molecule has 3 nitrogen and oxygen atoms in total. The van der Waals surface area contributed by atoms with E-state index < -0.39 is 0 Å². The first-order valence-electron chi connectivity index (χ1n) is 4.32. The summed E-state index contributed by atoms with van der Waals surface area (Å²) in [5, 5.41) is 0. The molecule has 0 amide bonds. The standard InChI is InChI=1S/C11H13NO2/c1-9(8-13)6-7-14-11-4-2-10(12)3-5-11/h2-6,8H,7,12H2,1H3. The number of carbonyl (C=O) groups is 1. The van der Waals surface area contributed by atoms with Gasteiger partial charge in [-0.15, -0.1) is 0 Å². The topological polar surface area (TPSA) is 52.3 Å². The van der Waals surface area contributed by atoms with E-state index in [9.17, 15) is 4.79 Å². The van der Waals surface area contributed by atoms with Crippen molar-refractivity contribution in [1.29, 1.82) is 0 Å². The lowest BCUT2D eigenvalue weighted by atomic mass is 10.3. The zero-order chi connectivity index (χ0) is 10.4. The number of rotatable bonds is 4. The number of ether oxygens (including phenoxy) is 1. The Kier molecular flexibility index (Phi) is 3.73. The van der Waals surface area contributed by atoms with E-state index in [1.807, 2.05) is 0 Å². The zero-order valence-corrected chi connectivity index (χ0v) is 8.07. The van der Waals surface area contributed by atoms with Gasteiger partial charge in [0, 0.05) is 5.69 Å². The van der Waals surface area contributed by atoms with Crippen LogP contribution in [-0.2, 0) is 4.79 Å². The molecule has 0 aliphatic heterocycles. The van der Waals surface area contributed by atoms with Gasteiger partial charge in [-0.2, -0.15) is 0 Å². The number of nitrogen functional groups attached to an aromatic ring is 1. The highest BCUT2D eigenvalue weighted by atomic mass is 16.5. The molecule has 0 radical (unpaired) electrons. The lowest BCUT2D eigenvalue weighted by Gasteiger charge is -2.02. The molecule has 2 N–H and O–H groups in total. The summed E-state index contributed by atoms with van der Waals surface area (Å²) in [5.41, 5.74) is 6.88. The summed E-state index contributed by atoms with van der Waals surface area (Å²) in [5.74, 6) is 0.745. The predicted octanol–water partition coefficient (Wildman–Crippen LogP) is 1.79. The molecule has 14 heavy (non-hydrogen) atoms. The molecule has 3 heteroatoms. The Morgan fingerprint density at radius 1 is 1.43 bits per heavy atom. The van der Waals surface area contributed by atoms with Gasteiger partial charge in [-0.1, -0.05) is 0 Å². The minimum Gasteiger partial charge on any atom is -0.490 e. The summed E-state index contributed by atoms with van der Waals surface area (Å²) in [7, 11) is 0. The molecule has 0 bridgehead atoms. The molecule has 0 heterocycles. The fourth-order valence-electron chi connectivity index (χ4n) is 0.882. The van der Waals surface area contributed by atoms with Gasteiger partial charge in [0.25, 0.3) is 0 Å². The number of hydrogen-bond acceptors (Lipinski definition) is 3. The Hall–Kier alpha value is -1.77. The number of aldehydes is 1. The summed E-state index contributed by atoms with van der Waals surface area (Å²) in [6.45, 7) is 2.13. The number of carbonyl (C=O) groups excluding carboxylic acids is 1. The van der Waals surface area contributed by atoms with Gasteiger partial charge in [0.15, 0.2) is 0 Å². The van der Waals surface area contributed by atoms with Crippen LogP contribution in [0.15, 0.2) is 35.9 Å². The van der Waals surface area contributed by atoms with Gasteiger partial charge in [-0.25, -0.2) is 0 Å². The van der Waals surface area contributed by atoms with Gasteiger partial charge in [0.2, 0.25) is 0 Å². The van der Waals surface area contributed by atoms with E-state index in [-0.39, 0.29) is 0 Å². The molecule has 0 aliphatic rings. The fraction of sp³-hybridized carbons (Fsp3) is 0.182. The second-order valence-corrected chi connectivity index (χ2v) is 2.95. The maximum Gasteiger partial charge on any atom is 0.145 e. The molecule has 1 aromatic rings. The van der Waals surface area contributed by atoms with Gasteiger partial charge in [-0.3, -0.25) is 4.79 Å². The second-order valence-electron chi connectivity index (χ2n) is 2.95. The van der Waals surface area contributed by atoms with Crippen molar-refractivity contribution in [2.24, 2.45) is 0 Å². The van der Waals surface area contributed by atoms with Gasteiger partial charge in [0.05, 0.1) is 0 Å². The van der Waals surface area contributed by atoms with Crippen LogP contribution in [0.3, 0.4) is 0 Å². The molecule has 1 aromatic carbocycles. The predicted molar refractivity (Wildman–Crippen MR) is 56.2 cm³/mol. The third-order valence-corrected chi connectivity index (χ3v) is 1.72. The first-order chi connectivity index (χ1) is 6.72. The Balaban J connectivity index is 2.46. The minimum atomic E-state index is 0.397. The Bertz CT molecular complexity index is 328. The Morgan fingerprint density at radius 3 is 2.64 bits per heavy atom. The molecule has 0 aromatic heterocycles. The van der Waals surface area contributed by atoms with E-state index in [0.717, 1.165) is 12.0 Å². The molecule has 0 atom stereocenters. The van der Waals surface area contributed by atoms with Crippen molar-refractivity contribution in [2.75, 3.05) is 12.3 Å². The number of allylic oxidation sites excluding steroid dienone is 1. The van der Waals surface area contributed by atoms with Gasteiger partial charge < -0.3 is 10.5 Å². The molecule has 0 saturated heterocycles. The monoisotopic (exact) mass is 191 g/mol. The third-order valence-electron chi connectivity index (χ3n) is 1.72. The highest BCUT2D eigenvalue weighted by Gasteiger charge is 1.91. The van der Waals surface area contributed by atoms with Gasteiger partial charge in [0.1, 0.15) is 18.6 Å². The quantitative estimate of drug-likeness (QED) is 0.448. The summed E-state index contributed by atoms with van der Waals surface area (Å²) in [4.78, 5) is 10.3. The van der Waals surface area contributed by atoms with Crippen LogP contribution >= 0.6 is 0 Å². The van der Waals surface area contributed by atoms with Crippen molar-refractivity contribution < 1.29 is 9.53 Å². The molecule has 1 rings (SSSR count). The number of hydrogen-bond donors (Lipinski definition) is 1. The normalized spacial score (nSPS) is 11.1. The van der Waals surface area contributed by atoms with Crippen LogP contribution in [0.2, 0.25) is 0 Å². The summed E-state index contributed by atoms with van der Waals surface area (Å²) >= 11 is 0. The van der Waals surface area contributed by atoms with Crippen molar-refractivity contribution in [1.82, 2.24) is 0 Å². The van der Waals surface area contributed by atoms with E-state index in [2.05, 4.69) is 0 Å². The Labute approximate surface area is 83.2 Å². The summed E-state index contributed by atoms with van der Waals surface area (Å²) in [6, 6.07) is 7.12. The van der Waals surface area contributed by atoms with E-state index in [4.69, 9.17) is 10.5 Å². The lowest BCUT2D eigenvalue weighted by Crippen LogP contribution is -1.95. The van der Waals surface area contributed by atoms with Crippen molar-refractivity contribution in [3.8, 4) is 5.75 Å². The van der Waals surface area contributed by atoms with E-state index >= 15 is 0 Å². The average molecular weight is 191 g/mol. The van der Waals surface area contributed by atoms with Crippen LogP contribution in [0.5, 0.6) is 5.75 Å². The largest absolute Gasteiger partial charge is 0.490 e. The number of nitrogens with two attached hydrogens (primary N) is 1. The molecular weight excluding hydrogens is 178 g/mol. The SMILES string of the molecule is CC(C=O)=CCOc1ccc(N)cc1. The molecular formula is C11H13NO2. The van der Waals surface area contributed by atoms with Gasteiger partial charge >= 0.3 is 0 Å². The number of anilines is 1. The molecule has 0 spiro atoms. The molecule has 0 saturated carbocycles. The second kappa shape index (κ2) is 5.07. The summed E-state index contributed by atoms with van der Waals surface area (Å²) < 4.78 is 5.34. The molecule has 74 valence electrons. The van der Waals surface area contributed by atoms with Crippen molar-refractivity contribution in [2.45, 2.75) is 6.92 Å². The first kappa shape index (κ1) is 10.3. The highest BCUT2D eigenvalue weighted by Crippen LogP contribution is 2.12. The molecule has 0 fully saturated rings. The third kappa shape index (κ3) is 3.31. The van der Waals surface area contributed by atoms with Crippen molar-refractivity contribution in [3.63, 3.8) is 0 Å². The maximum atomic E-state index is 10.3. The average Bonchev–Trinajstić information content (AvgIpc) is 2.21. The molecule has 0 aliphatic carbocycles. The van der Waals surface area contributed by atoms with E-state index in [1.165, 1.54) is 0 Å². The first-order valence-corrected chi connectivity index (χ1v) is 4.32. The molecule has 0 unspecified atom stereocenters. The minimum absolute atomic E-state index is 0.397. The fourth-order valence-corrected chi connectivity index (χ4v) is 0.882. The van der Waals surface area contributed by atoms with E-state index in [1.54, 1.807) is 37.3 Å².